The van der Waals surface area contributed by atoms with Gasteiger partial charge in [0, 0.05) is 15.7 Å². The molecule has 2 aromatic rings. The van der Waals surface area contributed by atoms with E-state index in [1.807, 2.05) is 19.1 Å². The number of carbonyl (C=O) groups is 1. The smallest absolute Gasteiger partial charge is 0.255 e. The second kappa shape index (κ2) is 5.40. The van der Waals surface area contributed by atoms with Crippen molar-refractivity contribution in [3.05, 3.63) is 57.8 Å². The zero-order valence-electron chi connectivity index (χ0n) is 10.2. The van der Waals surface area contributed by atoms with Crippen LogP contribution in [0.3, 0.4) is 0 Å². The number of hydrogen-bond donors (Lipinski definition) is 2. The molecule has 0 bridgehead atoms. The fraction of sp³-hybridized carbons (Fsp3) is 0.0714. The third-order valence-corrected chi connectivity index (χ3v) is 3.67. The van der Waals surface area contributed by atoms with Crippen LogP contribution in [0.15, 0.2) is 40.9 Å². The van der Waals surface area contributed by atoms with Gasteiger partial charge in [-0.05, 0) is 52.7 Å². The highest BCUT2D eigenvalue weighted by Gasteiger charge is 2.11. The number of amides is 1. The Bertz CT molecular complexity index is 623. The SMILES string of the molecule is Cc1cccc(NC(=O)c2cc(N)cc(F)c2)c1Br. The molecule has 0 aliphatic rings. The number of aryl methyl sites for hydroxylation is 1. The number of anilines is 2. The number of rotatable bonds is 2. The fourth-order valence-corrected chi connectivity index (χ4v) is 2.05. The lowest BCUT2D eigenvalue weighted by molar-refractivity contribution is 0.102. The van der Waals surface area contributed by atoms with Crippen molar-refractivity contribution in [2.24, 2.45) is 0 Å². The van der Waals surface area contributed by atoms with Crippen molar-refractivity contribution in [3.8, 4) is 0 Å². The number of nitrogen functional groups attached to an aromatic ring is 1. The van der Waals surface area contributed by atoms with Crippen LogP contribution in [0.5, 0.6) is 0 Å². The van der Waals surface area contributed by atoms with E-state index in [0.717, 1.165) is 16.1 Å². The van der Waals surface area contributed by atoms with Gasteiger partial charge in [0.25, 0.3) is 5.91 Å². The third kappa shape index (κ3) is 3.12. The minimum atomic E-state index is -0.534. The molecule has 2 aromatic carbocycles. The van der Waals surface area contributed by atoms with Crippen LogP contribution in [0, 0.1) is 12.7 Å². The van der Waals surface area contributed by atoms with Gasteiger partial charge in [-0.1, -0.05) is 12.1 Å². The lowest BCUT2D eigenvalue weighted by Crippen LogP contribution is -2.13. The molecular formula is C14H12BrFN2O. The zero-order valence-corrected chi connectivity index (χ0v) is 11.8. The van der Waals surface area contributed by atoms with E-state index in [1.165, 1.54) is 12.1 Å². The van der Waals surface area contributed by atoms with Crippen LogP contribution < -0.4 is 11.1 Å². The van der Waals surface area contributed by atoms with Crippen molar-refractivity contribution in [2.75, 3.05) is 11.1 Å². The summed E-state index contributed by atoms with van der Waals surface area (Å²) >= 11 is 3.40. The molecule has 1 amide bonds. The van der Waals surface area contributed by atoms with Gasteiger partial charge >= 0.3 is 0 Å². The molecule has 0 fully saturated rings. The van der Waals surface area contributed by atoms with Gasteiger partial charge in [-0.25, -0.2) is 4.39 Å². The standard InChI is InChI=1S/C14H12BrFN2O/c1-8-3-2-4-12(13(8)15)18-14(19)9-5-10(16)7-11(17)6-9/h2-7H,17H2,1H3,(H,18,19). The highest BCUT2D eigenvalue weighted by Crippen LogP contribution is 2.26. The molecule has 98 valence electrons. The molecule has 0 aromatic heterocycles. The van der Waals surface area contributed by atoms with E-state index in [1.54, 1.807) is 6.07 Å². The van der Waals surface area contributed by atoms with Crippen molar-refractivity contribution < 1.29 is 9.18 Å². The van der Waals surface area contributed by atoms with Crippen molar-refractivity contribution in [3.63, 3.8) is 0 Å². The van der Waals surface area contributed by atoms with E-state index in [9.17, 15) is 9.18 Å². The summed E-state index contributed by atoms with van der Waals surface area (Å²) in [6.45, 7) is 1.92. The molecule has 0 saturated heterocycles. The number of benzene rings is 2. The summed E-state index contributed by atoms with van der Waals surface area (Å²) in [4.78, 5) is 12.0. The molecule has 3 N–H and O–H groups in total. The number of hydrogen-bond acceptors (Lipinski definition) is 2. The normalized spacial score (nSPS) is 10.3. The highest BCUT2D eigenvalue weighted by molar-refractivity contribution is 9.10. The molecule has 0 heterocycles. The molecule has 5 heteroatoms. The summed E-state index contributed by atoms with van der Waals surface area (Å²) in [5.74, 6) is -0.939. The lowest BCUT2D eigenvalue weighted by Gasteiger charge is -2.09. The topological polar surface area (TPSA) is 55.1 Å². The van der Waals surface area contributed by atoms with Crippen molar-refractivity contribution in [1.29, 1.82) is 0 Å². The van der Waals surface area contributed by atoms with Gasteiger partial charge in [0.15, 0.2) is 0 Å². The lowest BCUT2D eigenvalue weighted by atomic mass is 10.1. The van der Waals surface area contributed by atoms with Gasteiger partial charge in [-0.3, -0.25) is 4.79 Å². The first-order valence-electron chi connectivity index (χ1n) is 5.60. The fourth-order valence-electron chi connectivity index (χ4n) is 1.68. The van der Waals surface area contributed by atoms with Crippen LogP contribution in [0.4, 0.5) is 15.8 Å². The van der Waals surface area contributed by atoms with Crippen LogP contribution in [0.25, 0.3) is 0 Å². The molecule has 0 radical (unpaired) electrons. The van der Waals surface area contributed by atoms with E-state index in [0.29, 0.717) is 5.69 Å². The number of halogens is 2. The van der Waals surface area contributed by atoms with E-state index >= 15 is 0 Å². The first kappa shape index (κ1) is 13.5. The molecule has 0 spiro atoms. The third-order valence-electron chi connectivity index (χ3n) is 2.62. The van der Waals surface area contributed by atoms with E-state index < -0.39 is 11.7 Å². The highest BCUT2D eigenvalue weighted by atomic mass is 79.9. The Labute approximate surface area is 118 Å². The van der Waals surface area contributed by atoms with Gasteiger partial charge in [-0.2, -0.15) is 0 Å². The van der Waals surface area contributed by atoms with Gasteiger partial charge in [0.1, 0.15) is 5.82 Å². The summed E-state index contributed by atoms with van der Waals surface area (Å²) in [5.41, 5.74) is 7.55. The largest absolute Gasteiger partial charge is 0.399 e. The summed E-state index contributed by atoms with van der Waals surface area (Å²) < 4.78 is 14.0. The summed E-state index contributed by atoms with van der Waals surface area (Å²) in [6.07, 6.45) is 0. The summed E-state index contributed by atoms with van der Waals surface area (Å²) in [5, 5.41) is 2.71. The van der Waals surface area contributed by atoms with Crippen molar-refractivity contribution >= 4 is 33.2 Å². The van der Waals surface area contributed by atoms with Crippen LogP contribution in [0.2, 0.25) is 0 Å². The average Bonchev–Trinajstić information content (AvgIpc) is 2.33. The minimum Gasteiger partial charge on any atom is -0.399 e. The van der Waals surface area contributed by atoms with Gasteiger partial charge in [0.05, 0.1) is 5.69 Å². The molecule has 0 saturated carbocycles. The minimum absolute atomic E-state index is 0.186. The second-order valence-corrected chi connectivity index (χ2v) is 4.96. The van der Waals surface area contributed by atoms with Gasteiger partial charge < -0.3 is 11.1 Å². The van der Waals surface area contributed by atoms with Crippen molar-refractivity contribution in [2.45, 2.75) is 6.92 Å². The molecule has 0 aliphatic carbocycles. The maximum atomic E-state index is 13.2. The Hall–Kier alpha value is -1.88. The zero-order chi connectivity index (χ0) is 14.0. The van der Waals surface area contributed by atoms with E-state index in [-0.39, 0.29) is 11.3 Å². The number of carbonyl (C=O) groups excluding carboxylic acids is 1. The summed E-state index contributed by atoms with van der Waals surface area (Å²) in [6, 6.07) is 9.25. The van der Waals surface area contributed by atoms with Crippen LogP contribution in [-0.2, 0) is 0 Å². The Kier molecular flexibility index (Phi) is 3.85. The molecule has 0 aliphatic heterocycles. The maximum Gasteiger partial charge on any atom is 0.255 e. The maximum absolute atomic E-state index is 13.2. The van der Waals surface area contributed by atoms with Crippen LogP contribution in [0.1, 0.15) is 15.9 Å². The molecule has 2 rings (SSSR count). The van der Waals surface area contributed by atoms with Gasteiger partial charge in [0.2, 0.25) is 0 Å². The van der Waals surface area contributed by atoms with Crippen molar-refractivity contribution in [1.82, 2.24) is 0 Å². The van der Waals surface area contributed by atoms with E-state index in [2.05, 4.69) is 21.2 Å². The molecule has 19 heavy (non-hydrogen) atoms. The second-order valence-electron chi connectivity index (χ2n) is 4.16. The Balaban J connectivity index is 2.28. The molecular weight excluding hydrogens is 311 g/mol. The Morgan fingerprint density at radius 2 is 2.05 bits per heavy atom. The first-order chi connectivity index (χ1) is 8.97. The first-order valence-corrected chi connectivity index (χ1v) is 6.39. The van der Waals surface area contributed by atoms with E-state index in [4.69, 9.17) is 5.73 Å². The molecule has 0 atom stereocenters. The van der Waals surface area contributed by atoms with Crippen LogP contribution in [-0.4, -0.2) is 5.91 Å². The molecule has 0 unspecified atom stereocenters. The Morgan fingerprint density at radius 3 is 2.74 bits per heavy atom. The monoisotopic (exact) mass is 322 g/mol. The predicted molar refractivity (Wildman–Crippen MR) is 77.6 cm³/mol. The number of nitrogens with two attached hydrogens (primary N) is 1. The average molecular weight is 323 g/mol. The number of nitrogens with one attached hydrogen (secondary N) is 1. The predicted octanol–water partition coefficient (Wildman–Crippen LogP) is 3.73. The molecule has 3 nitrogen and oxygen atoms in total. The van der Waals surface area contributed by atoms with Gasteiger partial charge in [-0.15, -0.1) is 0 Å². The summed E-state index contributed by atoms with van der Waals surface area (Å²) in [7, 11) is 0. The van der Waals surface area contributed by atoms with Crippen LogP contribution >= 0.6 is 15.9 Å². The quantitative estimate of drug-likeness (QED) is 0.828. The Morgan fingerprint density at radius 1 is 1.32 bits per heavy atom.